The molecule has 0 heterocycles. The molecule has 1 N–H and O–H groups in total. The lowest BCUT2D eigenvalue weighted by Crippen LogP contribution is -2.25. The number of hydrogen-bond acceptors (Lipinski definition) is 4. The van der Waals surface area contributed by atoms with E-state index in [4.69, 9.17) is 14.2 Å². The van der Waals surface area contributed by atoms with Crippen LogP contribution in [0.25, 0.3) is 0 Å². The molecule has 0 aromatic carbocycles. The van der Waals surface area contributed by atoms with E-state index in [1.165, 1.54) is 0 Å². The highest BCUT2D eigenvalue weighted by molar-refractivity contribution is 4.58. The van der Waals surface area contributed by atoms with Crippen molar-refractivity contribution in [2.75, 3.05) is 53.2 Å². The van der Waals surface area contributed by atoms with Crippen LogP contribution in [0.2, 0.25) is 0 Å². The minimum Gasteiger partial charge on any atom is -0.382 e. The van der Waals surface area contributed by atoms with Crippen LogP contribution in [0, 0.1) is 11.8 Å². The Balaban J connectivity index is 3.12. The second-order valence-corrected chi connectivity index (χ2v) is 5.16. The van der Waals surface area contributed by atoms with Crippen LogP contribution in [-0.2, 0) is 14.2 Å². The summed E-state index contributed by atoms with van der Waals surface area (Å²) in [6, 6.07) is 0. The third kappa shape index (κ3) is 13.9. The van der Waals surface area contributed by atoms with Gasteiger partial charge in [-0.05, 0) is 31.3 Å². The van der Waals surface area contributed by atoms with Crippen LogP contribution in [0.3, 0.4) is 0 Å². The summed E-state index contributed by atoms with van der Waals surface area (Å²) in [6.45, 7) is 12.3. The van der Waals surface area contributed by atoms with Gasteiger partial charge in [0, 0.05) is 13.7 Å². The van der Waals surface area contributed by atoms with Gasteiger partial charge in [0.05, 0.1) is 26.4 Å². The maximum Gasteiger partial charge on any atom is 0.0701 e. The highest BCUT2D eigenvalue weighted by Gasteiger charge is 2.02. The van der Waals surface area contributed by atoms with Crippen LogP contribution >= 0.6 is 0 Å². The third-order valence-corrected chi connectivity index (χ3v) is 2.60. The van der Waals surface area contributed by atoms with Gasteiger partial charge in [-0.15, -0.1) is 0 Å². The summed E-state index contributed by atoms with van der Waals surface area (Å²) < 4.78 is 15.7. The fourth-order valence-electron chi connectivity index (χ4n) is 1.47. The van der Waals surface area contributed by atoms with Crippen LogP contribution in [0.4, 0.5) is 0 Å². The van der Waals surface area contributed by atoms with Crippen molar-refractivity contribution < 1.29 is 14.2 Å². The van der Waals surface area contributed by atoms with Crippen molar-refractivity contribution >= 4 is 0 Å². The van der Waals surface area contributed by atoms with Crippen LogP contribution in [0.1, 0.15) is 27.2 Å². The van der Waals surface area contributed by atoms with Crippen molar-refractivity contribution in [1.82, 2.24) is 5.32 Å². The van der Waals surface area contributed by atoms with E-state index in [1.807, 2.05) is 0 Å². The molecule has 0 aliphatic heterocycles. The predicted octanol–water partition coefficient (Wildman–Crippen LogP) is 1.94. The van der Waals surface area contributed by atoms with Crippen molar-refractivity contribution in [2.24, 2.45) is 11.8 Å². The lowest BCUT2D eigenvalue weighted by atomic mass is 10.1. The number of nitrogens with one attached hydrogen (secondary N) is 1. The van der Waals surface area contributed by atoms with Gasteiger partial charge < -0.3 is 19.5 Å². The monoisotopic (exact) mass is 261 g/mol. The molecule has 0 aromatic heterocycles. The molecule has 18 heavy (non-hydrogen) atoms. The van der Waals surface area contributed by atoms with E-state index < -0.39 is 0 Å². The first-order valence-corrected chi connectivity index (χ1v) is 7.02. The van der Waals surface area contributed by atoms with Gasteiger partial charge in [0.15, 0.2) is 0 Å². The molecule has 0 aromatic rings. The average Bonchev–Trinajstić information content (AvgIpc) is 2.32. The summed E-state index contributed by atoms with van der Waals surface area (Å²) in [6.07, 6.45) is 1.10. The zero-order chi connectivity index (χ0) is 13.6. The quantitative estimate of drug-likeness (QED) is 0.514. The molecule has 0 fully saturated rings. The molecule has 0 rings (SSSR count). The lowest BCUT2D eigenvalue weighted by Gasteiger charge is -2.14. The molecule has 0 aliphatic carbocycles. The van der Waals surface area contributed by atoms with E-state index in [0.29, 0.717) is 32.3 Å². The van der Waals surface area contributed by atoms with Gasteiger partial charge >= 0.3 is 0 Å². The molecule has 0 saturated heterocycles. The van der Waals surface area contributed by atoms with Gasteiger partial charge in [0.1, 0.15) is 0 Å². The van der Waals surface area contributed by atoms with E-state index in [2.05, 4.69) is 26.1 Å². The molecule has 0 spiro atoms. The summed E-state index contributed by atoms with van der Waals surface area (Å²) in [5.41, 5.74) is 0. The fourth-order valence-corrected chi connectivity index (χ4v) is 1.47. The Kier molecular flexibility index (Phi) is 13.2. The maximum absolute atomic E-state index is 5.52. The fraction of sp³-hybridized carbons (Fsp3) is 1.00. The van der Waals surface area contributed by atoms with Gasteiger partial charge in [-0.2, -0.15) is 0 Å². The zero-order valence-electron chi connectivity index (χ0n) is 12.5. The van der Waals surface area contributed by atoms with Crippen LogP contribution < -0.4 is 5.32 Å². The van der Waals surface area contributed by atoms with Gasteiger partial charge in [0.2, 0.25) is 0 Å². The number of methoxy groups -OCH3 is 1. The van der Waals surface area contributed by atoms with Crippen molar-refractivity contribution in [1.29, 1.82) is 0 Å². The van der Waals surface area contributed by atoms with Crippen molar-refractivity contribution in [3.8, 4) is 0 Å². The SMILES string of the molecule is COCCOCCOCCC(C)CNCC(C)C. The molecular weight excluding hydrogens is 230 g/mol. The second kappa shape index (κ2) is 13.3. The molecule has 4 heteroatoms. The lowest BCUT2D eigenvalue weighted by molar-refractivity contribution is 0.0222. The van der Waals surface area contributed by atoms with E-state index in [-0.39, 0.29) is 0 Å². The van der Waals surface area contributed by atoms with E-state index in [9.17, 15) is 0 Å². The smallest absolute Gasteiger partial charge is 0.0701 e. The Morgan fingerprint density at radius 3 is 2.06 bits per heavy atom. The average molecular weight is 261 g/mol. The Morgan fingerprint density at radius 1 is 0.833 bits per heavy atom. The van der Waals surface area contributed by atoms with Crippen molar-refractivity contribution in [3.05, 3.63) is 0 Å². The van der Waals surface area contributed by atoms with Gasteiger partial charge in [-0.1, -0.05) is 20.8 Å². The summed E-state index contributed by atoms with van der Waals surface area (Å²) in [5.74, 6) is 1.39. The standard InChI is InChI=1S/C14H31NO3/c1-13(2)11-15-12-14(3)5-6-17-9-10-18-8-7-16-4/h13-15H,5-12H2,1-4H3. The summed E-state index contributed by atoms with van der Waals surface area (Å²) in [4.78, 5) is 0. The second-order valence-electron chi connectivity index (χ2n) is 5.16. The zero-order valence-corrected chi connectivity index (χ0v) is 12.5. The number of rotatable bonds is 13. The summed E-state index contributed by atoms with van der Waals surface area (Å²) >= 11 is 0. The van der Waals surface area contributed by atoms with Crippen molar-refractivity contribution in [2.45, 2.75) is 27.2 Å². The van der Waals surface area contributed by atoms with Crippen LogP contribution in [0.15, 0.2) is 0 Å². The molecule has 1 unspecified atom stereocenters. The molecule has 110 valence electrons. The van der Waals surface area contributed by atoms with Crippen LogP contribution in [-0.4, -0.2) is 53.2 Å². The minimum atomic E-state index is 0.648. The Labute approximate surface area is 112 Å². The number of ether oxygens (including phenoxy) is 3. The van der Waals surface area contributed by atoms with Crippen molar-refractivity contribution in [3.63, 3.8) is 0 Å². The van der Waals surface area contributed by atoms with E-state index in [1.54, 1.807) is 7.11 Å². The molecule has 0 saturated carbocycles. The van der Waals surface area contributed by atoms with Gasteiger partial charge in [0.25, 0.3) is 0 Å². The molecule has 4 nitrogen and oxygen atoms in total. The first kappa shape index (κ1) is 17.8. The molecule has 0 aliphatic rings. The first-order chi connectivity index (χ1) is 8.66. The predicted molar refractivity (Wildman–Crippen MR) is 75.0 cm³/mol. The van der Waals surface area contributed by atoms with Gasteiger partial charge in [-0.25, -0.2) is 0 Å². The maximum atomic E-state index is 5.52. The Hall–Kier alpha value is -0.160. The normalized spacial score (nSPS) is 13.2. The largest absolute Gasteiger partial charge is 0.382 e. The highest BCUT2D eigenvalue weighted by Crippen LogP contribution is 2.00. The topological polar surface area (TPSA) is 39.7 Å². The Bertz CT molecular complexity index is 165. The molecule has 0 bridgehead atoms. The molecular formula is C14H31NO3. The third-order valence-electron chi connectivity index (χ3n) is 2.60. The summed E-state index contributed by atoms with van der Waals surface area (Å²) in [7, 11) is 1.68. The van der Waals surface area contributed by atoms with Gasteiger partial charge in [-0.3, -0.25) is 0 Å². The minimum absolute atomic E-state index is 0.648. The molecule has 1 atom stereocenters. The summed E-state index contributed by atoms with van der Waals surface area (Å²) in [5, 5.41) is 3.47. The first-order valence-electron chi connectivity index (χ1n) is 7.02. The number of hydrogen-bond donors (Lipinski definition) is 1. The van der Waals surface area contributed by atoms with E-state index >= 15 is 0 Å². The van der Waals surface area contributed by atoms with Crippen LogP contribution in [0.5, 0.6) is 0 Å². The Morgan fingerprint density at radius 2 is 1.44 bits per heavy atom. The highest BCUT2D eigenvalue weighted by atomic mass is 16.5. The van der Waals surface area contributed by atoms with E-state index in [0.717, 1.165) is 32.0 Å². The molecule has 0 amide bonds. The molecule has 0 radical (unpaired) electrons.